The number of nitrogens with two attached hydrogens (primary N) is 1. The average Bonchev–Trinajstić information content (AvgIpc) is 2.48. The first-order chi connectivity index (χ1) is 9.20. The van der Waals surface area contributed by atoms with Crippen LogP contribution in [0.15, 0.2) is 0 Å². The van der Waals surface area contributed by atoms with Gasteiger partial charge in [0.2, 0.25) is 0 Å². The summed E-state index contributed by atoms with van der Waals surface area (Å²) in [5, 5.41) is 0. The molecule has 0 bridgehead atoms. The molecule has 0 aromatic heterocycles. The normalized spacial score (nSPS) is 30.8. The van der Waals surface area contributed by atoms with Crippen molar-refractivity contribution in [2.24, 2.45) is 17.1 Å². The number of carbonyl (C=O) groups excluding carboxylic acids is 1. The molecule has 3 heteroatoms. The number of esters is 1. The highest BCUT2D eigenvalue weighted by Crippen LogP contribution is 2.38. The van der Waals surface area contributed by atoms with E-state index in [2.05, 4.69) is 6.92 Å². The van der Waals surface area contributed by atoms with E-state index < -0.39 is 0 Å². The monoisotopic (exact) mass is 267 g/mol. The number of hydrogen-bond acceptors (Lipinski definition) is 3. The predicted molar refractivity (Wildman–Crippen MR) is 76.7 cm³/mol. The Morgan fingerprint density at radius 3 is 2.58 bits per heavy atom. The second-order valence-electron chi connectivity index (χ2n) is 6.51. The van der Waals surface area contributed by atoms with Gasteiger partial charge in [-0.25, -0.2) is 0 Å². The molecule has 2 aliphatic carbocycles. The molecule has 0 heterocycles. The zero-order valence-electron chi connectivity index (χ0n) is 12.3. The molecule has 2 aliphatic rings. The first-order valence-corrected chi connectivity index (χ1v) is 8.11. The summed E-state index contributed by atoms with van der Waals surface area (Å²) in [6.45, 7) is 2.69. The minimum absolute atomic E-state index is 0.00328. The molecule has 0 aromatic carbocycles. The maximum Gasteiger partial charge on any atom is 0.313 e. The number of ether oxygens (including phenoxy) is 1. The van der Waals surface area contributed by atoms with Crippen LogP contribution in [0.1, 0.15) is 71.1 Å². The summed E-state index contributed by atoms with van der Waals surface area (Å²) in [5.74, 6) is 0.739. The summed E-state index contributed by atoms with van der Waals surface area (Å²) >= 11 is 0. The molecule has 2 fully saturated rings. The van der Waals surface area contributed by atoms with Crippen molar-refractivity contribution in [3.05, 3.63) is 0 Å². The Labute approximate surface area is 117 Å². The molecule has 0 aliphatic heterocycles. The fourth-order valence-corrected chi connectivity index (χ4v) is 3.72. The van der Waals surface area contributed by atoms with Gasteiger partial charge in [-0.1, -0.05) is 39.0 Å². The Kier molecular flexibility index (Phi) is 5.26. The van der Waals surface area contributed by atoms with Crippen molar-refractivity contribution in [2.75, 3.05) is 6.54 Å². The standard InChI is InChI=1S/C16H29NO2/c1-2-13-7-6-8-14(11-13)19-15(18)16(12-17)9-4-3-5-10-16/h13-14H,2-12,17H2,1H3. The van der Waals surface area contributed by atoms with E-state index in [4.69, 9.17) is 10.5 Å². The molecule has 2 N–H and O–H groups in total. The SMILES string of the molecule is CCC1CCCC(OC(=O)C2(CN)CCCCC2)C1. The Bertz CT molecular complexity index is 297. The summed E-state index contributed by atoms with van der Waals surface area (Å²) in [4.78, 5) is 12.5. The van der Waals surface area contributed by atoms with Gasteiger partial charge in [0.05, 0.1) is 5.41 Å². The largest absolute Gasteiger partial charge is 0.462 e. The molecule has 0 saturated heterocycles. The Hall–Kier alpha value is -0.570. The van der Waals surface area contributed by atoms with Gasteiger partial charge in [-0.3, -0.25) is 4.79 Å². The van der Waals surface area contributed by atoms with E-state index in [0.29, 0.717) is 6.54 Å². The van der Waals surface area contributed by atoms with Crippen molar-refractivity contribution < 1.29 is 9.53 Å². The van der Waals surface area contributed by atoms with E-state index in [1.165, 1.54) is 25.7 Å². The van der Waals surface area contributed by atoms with Crippen molar-refractivity contribution in [1.29, 1.82) is 0 Å². The van der Waals surface area contributed by atoms with Gasteiger partial charge >= 0.3 is 5.97 Å². The van der Waals surface area contributed by atoms with Crippen molar-refractivity contribution in [3.63, 3.8) is 0 Å². The molecule has 19 heavy (non-hydrogen) atoms. The van der Waals surface area contributed by atoms with Crippen LogP contribution in [-0.4, -0.2) is 18.6 Å². The first kappa shape index (κ1) is 14.8. The Morgan fingerprint density at radius 2 is 1.95 bits per heavy atom. The molecule has 0 aromatic rings. The summed E-state index contributed by atoms with van der Waals surface area (Å²) in [7, 11) is 0. The Balaban J connectivity index is 1.91. The first-order valence-electron chi connectivity index (χ1n) is 8.11. The van der Waals surface area contributed by atoms with Gasteiger partial charge in [0, 0.05) is 6.54 Å². The third-order valence-electron chi connectivity index (χ3n) is 5.22. The van der Waals surface area contributed by atoms with Crippen LogP contribution in [0.5, 0.6) is 0 Å². The summed E-state index contributed by atoms with van der Waals surface area (Å²) in [6, 6.07) is 0. The second-order valence-corrected chi connectivity index (χ2v) is 6.51. The van der Waals surface area contributed by atoms with Crippen LogP contribution in [0.3, 0.4) is 0 Å². The minimum atomic E-state index is -0.364. The van der Waals surface area contributed by atoms with Gasteiger partial charge in [0.15, 0.2) is 0 Å². The van der Waals surface area contributed by atoms with Gasteiger partial charge < -0.3 is 10.5 Å². The molecule has 2 saturated carbocycles. The maximum atomic E-state index is 12.5. The third-order valence-corrected chi connectivity index (χ3v) is 5.22. The van der Waals surface area contributed by atoms with Crippen LogP contribution in [0, 0.1) is 11.3 Å². The van der Waals surface area contributed by atoms with Crippen LogP contribution in [0.2, 0.25) is 0 Å². The van der Waals surface area contributed by atoms with Crippen LogP contribution in [0.4, 0.5) is 0 Å². The summed E-state index contributed by atoms with van der Waals surface area (Å²) in [5.41, 5.74) is 5.53. The average molecular weight is 267 g/mol. The number of rotatable bonds is 4. The zero-order chi connectivity index (χ0) is 13.7. The topological polar surface area (TPSA) is 52.3 Å². The molecule has 2 atom stereocenters. The van der Waals surface area contributed by atoms with E-state index in [-0.39, 0.29) is 17.5 Å². The molecule has 0 amide bonds. The van der Waals surface area contributed by atoms with Crippen molar-refractivity contribution in [2.45, 2.75) is 77.2 Å². The quantitative estimate of drug-likeness (QED) is 0.794. The van der Waals surface area contributed by atoms with E-state index in [0.717, 1.165) is 44.4 Å². The van der Waals surface area contributed by atoms with E-state index >= 15 is 0 Å². The second kappa shape index (κ2) is 6.74. The lowest BCUT2D eigenvalue weighted by Gasteiger charge is -2.36. The van der Waals surface area contributed by atoms with Crippen molar-refractivity contribution in [3.8, 4) is 0 Å². The molecule has 2 rings (SSSR count). The predicted octanol–water partition coefficient (Wildman–Crippen LogP) is 3.41. The summed E-state index contributed by atoms with van der Waals surface area (Å²) < 4.78 is 5.84. The fourth-order valence-electron chi connectivity index (χ4n) is 3.72. The van der Waals surface area contributed by atoms with Gasteiger partial charge in [-0.2, -0.15) is 0 Å². The van der Waals surface area contributed by atoms with Crippen LogP contribution >= 0.6 is 0 Å². The summed E-state index contributed by atoms with van der Waals surface area (Å²) in [6.07, 6.45) is 11.3. The molecule has 110 valence electrons. The van der Waals surface area contributed by atoms with Gasteiger partial charge in [0.25, 0.3) is 0 Å². The van der Waals surface area contributed by atoms with E-state index in [1.807, 2.05) is 0 Å². The smallest absolute Gasteiger partial charge is 0.313 e. The van der Waals surface area contributed by atoms with Gasteiger partial charge in [0.1, 0.15) is 6.10 Å². The minimum Gasteiger partial charge on any atom is -0.462 e. The highest BCUT2D eigenvalue weighted by molar-refractivity contribution is 5.77. The lowest BCUT2D eigenvalue weighted by atomic mass is 9.74. The maximum absolute atomic E-state index is 12.5. The molecular weight excluding hydrogens is 238 g/mol. The van der Waals surface area contributed by atoms with Crippen LogP contribution < -0.4 is 5.73 Å². The molecule has 0 radical (unpaired) electrons. The molecule has 2 unspecified atom stereocenters. The lowest BCUT2D eigenvalue weighted by Crippen LogP contribution is -2.43. The van der Waals surface area contributed by atoms with Crippen LogP contribution in [0.25, 0.3) is 0 Å². The zero-order valence-corrected chi connectivity index (χ0v) is 12.3. The molecule has 3 nitrogen and oxygen atoms in total. The Morgan fingerprint density at radius 1 is 1.21 bits per heavy atom. The van der Waals surface area contributed by atoms with E-state index in [9.17, 15) is 4.79 Å². The highest BCUT2D eigenvalue weighted by atomic mass is 16.5. The molecule has 0 spiro atoms. The number of carbonyl (C=O) groups is 1. The molecular formula is C16H29NO2. The van der Waals surface area contributed by atoms with E-state index in [1.54, 1.807) is 0 Å². The van der Waals surface area contributed by atoms with Crippen molar-refractivity contribution in [1.82, 2.24) is 0 Å². The van der Waals surface area contributed by atoms with Crippen molar-refractivity contribution >= 4 is 5.97 Å². The van der Waals surface area contributed by atoms with Crippen LogP contribution in [-0.2, 0) is 9.53 Å². The van der Waals surface area contributed by atoms with Gasteiger partial charge in [-0.15, -0.1) is 0 Å². The fraction of sp³-hybridized carbons (Fsp3) is 0.938. The number of hydrogen-bond donors (Lipinski definition) is 1. The third kappa shape index (κ3) is 3.50. The highest BCUT2D eigenvalue weighted by Gasteiger charge is 2.41. The lowest BCUT2D eigenvalue weighted by molar-refractivity contribution is -0.165. The van der Waals surface area contributed by atoms with Gasteiger partial charge in [-0.05, 0) is 38.0 Å².